The number of hydrogen-bond donors (Lipinski definition) is 0. The lowest BCUT2D eigenvalue weighted by atomic mass is 9.99. The number of nitrogens with zero attached hydrogens (tertiary/aromatic N) is 2. The van der Waals surface area contributed by atoms with E-state index >= 15 is 0 Å². The van der Waals surface area contributed by atoms with Gasteiger partial charge in [-0.15, -0.1) is 0 Å². The maximum atomic E-state index is 10.8. The number of Topliss-reactive ketones (excluding diaryl/α,β-unsaturated/α-hetero) is 1. The minimum absolute atomic E-state index is 0.0746. The molecule has 3 heteroatoms. The van der Waals surface area contributed by atoms with Crippen LogP contribution in [0.5, 0.6) is 0 Å². The molecule has 1 unspecified atom stereocenters. The number of nitriles is 2. The molecule has 0 rings (SSSR count). The van der Waals surface area contributed by atoms with Gasteiger partial charge >= 0.3 is 0 Å². The van der Waals surface area contributed by atoms with Crippen LogP contribution in [-0.4, -0.2) is 5.78 Å². The highest BCUT2D eigenvalue weighted by Crippen LogP contribution is 2.09. The Hall–Kier alpha value is -1.35. The van der Waals surface area contributed by atoms with Gasteiger partial charge in [0.25, 0.3) is 0 Å². The maximum absolute atomic E-state index is 10.8. The van der Waals surface area contributed by atoms with E-state index in [1.165, 1.54) is 6.92 Å². The van der Waals surface area contributed by atoms with Crippen molar-refractivity contribution in [3.63, 3.8) is 0 Å². The molecule has 0 bridgehead atoms. The van der Waals surface area contributed by atoms with Crippen molar-refractivity contribution in [3.8, 4) is 12.1 Å². The first-order valence-electron chi connectivity index (χ1n) is 3.99. The number of hydrogen-bond acceptors (Lipinski definition) is 3. The van der Waals surface area contributed by atoms with Crippen LogP contribution in [0, 0.1) is 28.6 Å². The topological polar surface area (TPSA) is 64.7 Å². The minimum atomic E-state index is -0.469. The third-order valence-corrected chi connectivity index (χ3v) is 1.68. The molecule has 0 aliphatic heterocycles. The molecule has 12 heavy (non-hydrogen) atoms. The number of carbonyl (C=O) groups is 1. The summed E-state index contributed by atoms with van der Waals surface area (Å²) in [7, 11) is 0. The fourth-order valence-electron chi connectivity index (χ4n) is 0.911. The molecule has 1 atom stereocenters. The summed E-state index contributed by atoms with van der Waals surface area (Å²) in [5, 5.41) is 16.7. The van der Waals surface area contributed by atoms with Gasteiger partial charge in [0, 0.05) is 6.42 Å². The van der Waals surface area contributed by atoms with Gasteiger partial charge in [-0.25, -0.2) is 0 Å². The summed E-state index contributed by atoms with van der Waals surface area (Å²) >= 11 is 0. The van der Waals surface area contributed by atoms with E-state index in [-0.39, 0.29) is 5.78 Å². The molecular formula is C9H12N2O. The van der Waals surface area contributed by atoms with Crippen LogP contribution in [0.25, 0.3) is 0 Å². The van der Waals surface area contributed by atoms with Crippen LogP contribution in [0.1, 0.15) is 32.6 Å². The van der Waals surface area contributed by atoms with Gasteiger partial charge in [0.05, 0.1) is 12.1 Å². The normalized spacial score (nSPS) is 11.2. The Morgan fingerprint density at radius 1 is 1.42 bits per heavy atom. The fraction of sp³-hybridized carbons (Fsp3) is 0.667. The first-order chi connectivity index (χ1) is 5.72. The summed E-state index contributed by atoms with van der Waals surface area (Å²) in [6, 6.07) is 3.97. The van der Waals surface area contributed by atoms with Crippen molar-refractivity contribution in [2.45, 2.75) is 32.6 Å². The van der Waals surface area contributed by atoms with Gasteiger partial charge in [0.1, 0.15) is 11.7 Å². The third-order valence-electron chi connectivity index (χ3n) is 1.68. The third kappa shape index (κ3) is 4.46. The van der Waals surface area contributed by atoms with Crippen molar-refractivity contribution in [1.82, 2.24) is 0 Å². The van der Waals surface area contributed by atoms with Crippen LogP contribution < -0.4 is 0 Å². The fourth-order valence-corrected chi connectivity index (χ4v) is 0.911. The zero-order valence-corrected chi connectivity index (χ0v) is 7.21. The van der Waals surface area contributed by atoms with E-state index in [1.807, 2.05) is 12.1 Å². The SMILES string of the molecule is CC(=O)C(C#N)CCCCC#N. The molecule has 0 aliphatic carbocycles. The molecule has 0 radical (unpaired) electrons. The average Bonchev–Trinajstić information content (AvgIpc) is 2.04. The largest absolute Gasteiger partial charge is 0.299 e. The standard InChI is InChI=1S/C9H12N2O/c1-8(12)9(7-11)5-3-2-4-6-10/h9H,2-5H2,1H3. The second-order valence-corrected chi connectivity index (χ2v) is 2.70. The van der Waals surface area contributed by atoms with E-state index in [1.54, 1.807) is 0 Å². The molecule has 0 amide bonds. The summed E-state index contributed by atoms with van der Waals surface area (Å²) < 4.78 is 0. The summed E-state index contributed by atoms with van der Waals surface area (Å²) in [4.78, 5) is 10.8. The molecule has 0 aliphatic rings. The van der Waals surface area contributed by atoms with Crippen LogP contribution in [0.4, 0.5) is 0 Å². The minimum Gasteiger partial charge on any atom is -0.299 e. The highest BCUT2D eigenvalue weighted by molar-refractivity contribution is 5.80. The monoisotopic (exact) mass is 164 g/mol. The van der Waals surface area contributed by atoms with Crippen LogP contribution in [0.2, 0.25) is 0 Å². The molecule has 0 aromatic heterocycles. The van der Waals surface area contributed by atoms with E-state index in [0.29, 0.717) is 12.8 Å². The number of unbranched alkanes of at least 4 members (excludes halogenated alkanes) is 2. The predicted octanol–water partition coefficient (Wildman–Crippen LogP) is 1.80. The maximum Gasteiger partial charge on any atom is 0.146 e. The van der Waals surface area contributed by atoms with Gasteiger partial charge in [0.2, 0.25) is 0 Å². The van der Waals surface area contributed by atoms with Crippen LogP contribution in [0.3, 0.4) is 0 Å². The molecular weight excluding hydrogens is 152 g/mol. The zero-order chi connectivity index (χ0) is 9.40. The van der Waals surface area contributed by atoms with Crippen LogP contribution >= 0.6 is 0 Å². The Morgan fingerprint density at radius 3 is 2.50 bits per heavy atom. The van der Waals surface area contributed by atoms with Gasteiger partial charge in [-0.3, -0.25) is 4.79 Å². The molecule has 0 heterocycles. The molecule has 0 fully saturated rings. The molecule has 0 N–H and O–H groups in total. The smallest absolute Gasteiger partial charge is 0.146 e. The predicted molar refractivity (Wildman–Crippen MR) is 43.9 cm³/mol. The highest BCUT2D eigenvalue weighted by atomic mass is 16.1. The lowest BCUT2D eigenvalue weighted by Crippen LogP contribution is -2.07. The van der Waals surface area contributed by atoms with Crippen molar-refractivity contribution in [2.24, 2.45) is 5.92 Å². The Morgan fingerprint density at radius 2 is 2.08 bits per heavy atom. The number of ketones is 1. The summed E-state index contributed by atoms with van der Waals surface area (Å²) in [5.41, 5.74) is 0. The van der Waals surface area contributed by atoms with Gasteiger partial charge in [-0.2, -0.15) is 10.5 Å². The van der Waals surface area contributed by atoms with E-state index in [4.69, 9.17) is 10.5 Å². The van der Waals surface area contributed by atoms with Gasteiger partial charge in [-0.05, 0) is 19.8 Å². The molecule has 0 saturated heterocycles. The Bertz CT molecular complexity index is 222. The second-order valence-electron chi connectivity index (χ2n) is 2.70. The molecule has 64 valence electrons. The van der Waals surface area contributed by atoms with Crippen molar-refractivity contribution >= 4 is 5.78 Å². The Balaban J connectivity index is 3.56. The van der Waals surface area contributed by atoms with Gasteiger partial charge in [-0.1, -0.05) is 6.42 Å². The highest BCUT2D eigenvalue weighted by Gasteiger charge is 2.11. The summed E-state index contributed by atoms with van der Waals surface area (Å²) in [6.07, 6.45) is 2.66. The van der Waals surface area contributed by atoms with Crippen LogP contribution in [0.15, 0.2) is 0 Å². The number of carbonyl (C=O) groups excluding carboxylic acids is 1. The van der Waals surface area contributed by atoms with Gasteiger partial charge in [0.15, 0.2) is 0 Å². The lowest BCUT2D eigenvalue weighted by molar-refractivity contribution is -0.119. The van der Waals surface area contributed by atoms with Crippen molar-refractivity contribution in [3.05, 3.63) is 0 Å². The van der Waals surface area contributed by atoms with Crippen molar-refractivity contribution < 1.29 is 4.79 Å². The Kier molecular flexibility index (Phi) is 5.65. The van der Waals surface area contributed by atoms with Crippen molar-refractivity contribution in [1.29, 1.82) is 10.5 Å². The lowest BCUT2D eigenvalue weighted by Gasteiger charge is -2.01. The number of rotatable bonds is 5. The van der Waals surface area contributed by atoms with E-state index in [2.05, 4.69) is 0 Å². The molecule has 0 saturated carbocycles. The van der Waals surface area contributed by atoms with E-state index < -0.39 is 5.92 Å². The Labute approximate surface area is 72.6 Å². The zero-order valence-electron chi connectivity index (χ0n) is 7.21. The molecule has 0 aromatic carbocycles. The average molecular weight is 164 g/mol. The van der Waals surface area contributed by atoms with Gasteiger partial charge < -0.3 is 0 Å². The molecule has 0 spiro atoms. The van der Waals surface area contributed by atoms with Crippen LogP contribution in [-0.2, 0) is 4.79 Å². The summed E-state index contributed by atoms with van der Waals surface area (Å²) in [5.74, 6) is -0.543. The second kappa shape index (κ2) is 6.37. The van der Waals surface area contributed by atoms with Crippen molar-refractivity contribution in [2.75, 3.05) is 0 Å². The summed E-state index contributed by atoms with van der Waals surface area (Å²) in [6.45, 7) is 1.43. The molecule has 3 nitrogen and oxygen atoms in total. The first-order valence-corrected chi connectivity index (χ1v) is 3.99. The molecule has 0 aromatic rings. The van der Waals surface area contributed by atoms with E-state index in [9.17, 15) is 4.79 Å². The van der Waals surface area contributed by atoms with E-state index in [0.717, 1.165) is 12.8 Å². The first kappa shape index (κ1) is 10.7. The quantitative estimate of drug-likeness (QED) is 0.582.